The van der Waals surface area contributed by atoms with Gasteiger partial charge >= 0.3 is 0 Å². The number of ether oxygens (including phenoxy) is 2. The van der Waals surface area contributed by atoms with Crippen molar-refractivity contribution in [3.8, 4) is 11.6 Å². The number of nitrogens with one attached hydrogen (secondary N) is 1. The Balaban J connectivity index is 1.57. The molecule has 3 aromatic rings. The first-order chi connectivity index (χ1) is 16.0. The molecule has 0 saturated heterocycles. The van der Waals surface area contributed by atoms with E-state index in [0.717, 1.165) is 11.1 Å². The highest BCUT2D eigenvalue weighted by atomic mass is 16.5. The van der Waals surface area contributed by atoms with Crippen molar-refractivity contribution in [1.82, 2.24) is 14.9 Å². The van der Waals surface area contributed by atoms with Crippen molar-refractivity contribution >= 4 is 28.4 Å². The second kappa shape index (κ2) is 9.28. The molecule has 1 aromatic carbocycles. The van der Waals surface area contributed by atoms with Crippen LogP contribution in [0.15, 0.2) is 54.4 Å². The first-order valence-electron chi connectivity index (χ1n) is 10.6. The number of fused-ring (bicyclic) bond motifs is 1. The molecule has 0 aliphatic carbocycles. The predicted octanol–water partition coefficient (Wildman–Crippen LogP) is 3.29. The van der Waals surface area contributed by atoms with E-state index in [1.165, 1.54) is 31.5 Å². The lowest BCUT2D eigenvalue weighted by atomic mass is 9.84. The third-order valence-electron chi connectivity index (χ3n) is 5.93. The average molecular weight is 447 g/mol. The number of carbonyl (C=O) groups excluding carboxylic acids is 3. The molecule has 3 heterocycles. The highest BCUT2D eigenvalue weighted by Gasteiger charge is 2.31. The number of hydrogen-bond acceptors (Lipinski definition) is 6. The lowest BCUT2D eigenvalue weighted by Crippen LogP contribution is -2.40. The summed E-state index contributed by atoms with van der Waals surface area (Å²) in [4.78, 5) is 47.1. The van der Waals surface area contributed by atoms with Crippen molar-refractivity contribution in [3.05, 3.63) is 65.5 Å². The fourth-order valence-corrected chi connectivity index (χ4v) is 4.33. The fraction of sp³-hybridized carbons (Fsp3) is 0.280. The van der Waals surface area contributed by atoms with Gasteiger partial charge in [0, 0.05) is 19.3 Å². The van der Waals surface area contributed by atoms with Gasteiger partial charge in [-0.25, -0.2) is 4.98 Å². The van der Waals surface area contributed by atoms with Gasteiger partial charge in [0.05, 0.1) is 37.3 Å². The quantitative estimate of drug-likeness (QED) is 0.339. The summed E-state index contributed by atoms with van der Waals surface area (Å²) in [5.74, 6) is -0.858. The number of hydrogen-bond donors (Lipinski definition) is 1. The first kappa shape index (κ1) is 22.3. The van der Waals surface area contributed by atoms with Gasteiger partial charge < -0.3 is 19.4 Å². The van der Waals surface area contributed by atoms with Crippen molar-refractivity contribution in [3.63, 3.8) is 0 Å². The molecule has 1 amide bonds. The molecular formula is C25H25N3O5. The summed E-state index contributed by atoms with van der Waals surface area (Å²) in [6.45, 7) is 2.20. The van der Waals surface area contributed by atoms with E-state index in [-0.39, 0.29) is 23.8 Å². The molecule has 1 aliphatic heterocycles. The third-order valence-corrected chi connectivity index (χ3v) is 5.93. The number of methoxy groups -OCH3 is 2. The normalized spacial score (nSPS) is 14.5. The van der Waals surface area contributed by atoms with Crippen molar-refractivity contribution < 1.29 is 23.9 Å². The standard InChI is InChI=1S/C25H25N3O5/c1-15(29)20(16-7-5-4-6-8-16)17-9-11-28(12-10-17)25(31)23(30)18-13-26-22-21(18)19(32-2)14-27-24(22)33-3/h4-9,13-14,20,26H,10-12H2,1-3H3. The number of nitrogens with zero attached hydrogens (tertiary/aromatic N) is 2. The van der Waals surface area contributed by atoms with E-state index in [4.69, 9.17) is 9.47 Å². The second-order valence-corrected chi connectivity index (χ2v) is 7.85. The molecule has 0 spiro atoms. The Morgan fingerprint density at radius 2 is 1.88 bits per heavy atom. The minimum Gasteiger partial charge on any atom is -0.494 e. The van der Waals surface area contributed by atoms with Gasteiger partial charge in [0.2, 0.25) is 5.88 Å². The molecule has 8 nitrogen and oxygen atoms in total. The van der Waals surface area contributed by atoms with Crippen LogP contribution < -0.4 is 9.47 Å². The van der Waals surface area contributed by atoms with E-state index in [1.807, 2.05) is 36.4 Å². The lowest BCUT2D eigenvalue weighted by Gasteiger charge is -2.29. The van der Waals surface area contributed by atoms with Gasteiger partial charge in [-0.15, -0.1) is 0 Å². The molecule has 4 rings (SSSR count). The second-order valence-electron chi connectivity index (χ2n) is 7.85. The maximum Gasteiger partial charge on any atom is 0.295 e. The van der Waals surface area contributed by atoms with Crippen LogP contribution in [0, 0.1) is 0 Å². The summed E-state index contributed by atoms with van der Waals surface area (Å²) in [5, 5.41) is 0.455. The van der Waals surface area contributed by atoms with Crippen LogP contribution in [0.4, 0.5) is 0 Å². The van der Waals surface area contributed by atoms with Crippen LogP contribution in [0.1, 0.15) is 35.2 Å². The summed E-state index contributed by atoms with van der Waals surface area (Å²) in [5.41, 5.74) is 2.59. The lowest BCUT2D eigenvalue weighted by molar-refractivity contribution is -0.126. The molecule has 0 bridgehead atoms. The average Bonchev–Trinajstić information content (AvgIpc) is 3.29. The minimum absolute atomic E-state index is 0.0525. The van der Waals surface area contributed by atoms with E-state index in [0.29, 0.717) is 35.5 Å². The Hall–Kier alpha value is -3.94. The van der Waals surface area contributed by atoms with Gasteiger partial charge in [0.1, 0.15) is 17.0 Å². The number of pyridine rings is 1. The van der Waals surface area contributed by atoms with Crippen molar-refractivity contribution in [2.75, 3.05) is 27.3 Å². The first-order valence-corrected chi connectivity index (χ1v) is 10.6. The molecule has 33 heavy (non-hydrogen) atoms. The third kappa shape index (κ3) is 4.11. The Bertz CT molecular complexity index is 1250. The molecule has 0 saturated carbocycles. The Morgan fingerprint density at radius 3 is 2.48 bits per heavy atom. The molecule has 1 unspecified atom stereocenters. The van der Waals surface area contributed by atoms with Crippen LogP contribution in [0.25, 0.3) is 10.9 Å². The zero-order valence-electron chi connectivity index (χ0n) is 18.8. The smallest absolute Gasteiger partial charge is 0.295 e. The molecule has 1 aliphatic rings. The number of amides is 1. The maximum atomic E-state index is 13.1. The van der Waals surface area contributed by atoms with Crippen LogP contribution in [0.5, 0.6) is 11.6 Å². The predicted molar refractivity (Wildman–Crippen MR) is 123 cm³/mol. The number of aromatic nitrogens is 2. The molecule has 0 fully saturated rings. The zero-order valence-corrected chi connectivity index (χ0v) is 18.8. The Kier molecular flexibility index (Phi) is 6.26. The Morgan fingerprint density at radius 1 is 1.12 bits per heavy atom. The highest BCUT2D eigenvalue weighted by Crippen LogP contribution is 2.34. The SMILES string of the molecule is COc1ncc(OC)c2c(C(=O)C(=O)N3CC=C(C(C(C)=O)c4ccccc4)CC3)c[nH]c12. The van der Waals surface area contributed by atoms with E-state index >= 15 is 0 Å². The largest absolute Gasteiger partial charge is 0.494 e. The monoisotopic (exact) mass is 447 g/mol. The van der Waals surface area contributed by atoms with Crippen molar-refractivity contribution in [1.29, 1.82) is 0 Å². The number of aromatic amines is 1. The van der Waals surface area contributed by atoms with Crippen molar-refractivity contribution in [2.24, 2.45) is 0 Å². The molecule has 170 valence electrons. The number of carbonyl (C=O) groups is 3. The number of rotatable bonds is 7. The summed E-state index contributed by atoms with van der Waals surface area (Å²) in [6.07, 6.45) is 5.34. The van der Waals surface area contributed by atoms with Gasteiger partial charge in [-0.3, -0.25) is 14.4 Å². The Labute approximate surface area is 191 Å². The van der Waals surface area contributed by atoms with E-state index in [9.17, 15) is 14.4 Å². The molecule has 1 N–H and O–H groups in total. The molecule has 8 heteroatoms. The summed E-state index contributed by atoms with van der Waals surface area (Å²) < 4.78 is 10.6. The van der Waals surface area contributed by atoms with Gasteiger partial charge in [-0.05, 0) is 18.9 Å². The zero-order chi connectivity index (χ0) is 23.5. The molecule has 0 radical (unpaired) electrons. The maximum absolute atomic E-state index is 13.1. The topological polar surface area (TPSA) is 102 Å². The summed E-state index contributed by atoms with van der Waals surface area (Å²) >= 11 is 0. The summed E-state index contributed by atoms with van der Waals surface area (Å²) in [7, 11) is 2.95. The van der Waals surface area contributed by atoms with Gasteiger partial charge in [0.15, 0.2) is 0 Å². The van der Waals surface area contributed by atoms with Crippen LogP contribution in [0.2, 0.25) is 0 Å². The highest BCUT2D eigenvalue weighted by molar-refractivity contribution is 6.45. The van der Waals surface area contributed by atoms with Crippen LogP contribution >= 0.6 is 0 Å². The van der Waals surface area contributed by atoms with Crippen LogP contribution in [0.3, 0.4) is 0 Å². The van der Waals surface area contributed by atoms with E-state index < -0.39 is 11.7 Å². The van der Waals surface area contributed by atoms with Crippen molar-refractivity contribution in [2.45, 2.75) is 19.3 Å². The molecular weight excluding hydrogens is 422 g/mol. The number of benzene rings is 1. The number of H-pyrrole nitrogens is 1. The number of ketones is 2. The number of Topliss-reactive ketones (excluding diaryl/α,β-unsaturated/α-hetero) is 2. The minimum atomic E-state index is -0.643. The molecule has 1 atom stereocenters. The van der Waals surface area contributed by atoms with Crippen LogP contribution in [-0.4, -0.2) is 59.7 Å². The van der Waals surface area contributed by atoms with Crippen LogP contribution in [-0.2, 0) is 9.59 Å². The van der Waals surface area contributed by atoms with E-state index in [2.05, 4.69) is 9.97 Å². The fourth-order valence-electron chi connectivity index (χ4n) is 4.33. The van der Waals surface area contributed by atoms with Gasteiger partial charge in [-0.2, -0.15) is 0 Å². The van der Waals surface area contributed by atoms with Gasteiger partial charge in [-0.1, -0.05) is 42.0 Å². The molecule has 2 aromatic heterocycles. The van der Waals surface area contributed by atoms with E-state index in [1.54, 1.807) is 6.92 Å². The van der Waals surface area contributed by atoms with Gasteiger partial charge in [0.25, 0.3) is 11.7 Å². The summed E-state index contributed by atoms with van der Waals surface area (Å²) in [6, 6.07) is 9.59.